The third-order valence-corrected chi connectivity index (χ3v) is 3.27. The van der Waals surface area contributed by atoms with Crippen molar-refractivity contribution in [2.45, 2.75) is 6.92 Å². The highest BCUT2D eigenvalue weighted by atomic mass is 35.5. The Hall–Kier alpha value is -2.80. The van der Waals surface area contributed by atoms with Gasteiger partial charge in [-0.2, -0.15) is 5.10 Å². The molecule has 2 aromatic carbocycles. The van der Waals surface area contributed by atoms with E-state index < -0.39 is 34.7 Å². The maximum Gasteiger partial charge on any atom is 0.362 e. The number of carbonyl (C=O) groups is 2. The highest BCUT2D eigenvalue weighted by molar-refractivity contribution is 6.67. The van der Waals surface area contributed by atoms with E-state index >= 15 is 0 Å². The van der Waals surface area contributed by atoms with Gasteiger partial charge in [-0.05, 0) is 43.3 Å². The van der Waals surface area contributed by atoms with Crippen molar-refractivity contribution in [2.24, 2.45) is 5.10 Å². The summed E-state index contributed by atoms with van der Waals surface area (Å²) in [6, 6.07) is 9.13. The molecular weight excluding hydrogens is 354 g/mol. The molecule has 8 heteroatoms. The number of nitrogens with one attached hydrogen (secondary N) is 1. The van der Waals surface area contributed by atoms with E-state index in [-0.39, 0.29) is 6.61 Å². The van der Waals surface area contributed by atoms with E-state index in [9.17, 15) is 18.4 Å². The molecule has 5 nitrogen and oxygen atoms in total. The van der Waals surface area contributed by atoms with Gasteiger partial charge in [0.15, 0.2) is 0 Å². The summed E-state index contributed by atoms with van der Waals surface area (Å²) in [7, 11) is 0. The van der Waals surface area contributed by atoms with Crippen molar-refractivity contribution in [3.8, 4) is 0 Å². The number of ketones is 1. The predicted octanol–water partition coefficient (Wildman–Crippen LogP) is 3.83. The first-order chi connectivity index (χ1) is 11.9. The second-order valence-electron chi connectivity index (χ2n) is 4.73. The van der Waals surface area contributed by atoms with E-state index in [2.05, 4.69) is 10.5 Å². The topological polar surface area (TPSA) is 67.8 Å². The van der Waals surface area contributed by atoms with Gasteiger partial charge in [-0.25, -0.2) is 13.6 Å². The van der Waals surface area contributed by atoms with Gasteiger partial charge < -0.3 is 4.74 Å². The highest BCUT2D eigenvalue weighted by Crippen LogP contribution is 2.16. The van der Waals surface area contributed by atoms with Crippen molar-refractivity contribution in [3.63, 3.8) is 0 Å². The Kier molecular flexibility index (Phi) is 6.19. The van der Waals surface area contributed by atoms with Crippen molar-refractivity contribution in [3.05, 3.63) is 64.7 Å². The van der Waals surface area contributed by atoms with Crippen molar-refractivity contribution < 1.29 is 23.1 Å². The van der Waals surface area contributed by atoms with Crippen molar-refractivity contribution >= 4 is 34.8 Å². The van der Waals surface area contributed by atoms with Gasteiger partial charge in [0, 0.05) is 5.02 Å². The molecule has 1 N–H and O–H groups in total. The number of rotatable bonds is 6. The predicted molar refractivity (Wildman–Crippen MR) is 89.8 cm³/mol. The average Bonchev–Trinajstić information content (AvgIpc) is 2.57. The highest BCUT2D eigenvalue weighted by Gasteiger charge is 2.28. The first-order valence-corrected chi connectivity index (χ1v) is 7.57. The Labute approximate surface area is 147 Å². The summed E-state index contributed by atoms with van der Waals surface area (Å²) < 4.78 is 32.4. The zero-order valence-corrected chi connectivity index (χ0v) is 13.8. The minimum absolute atomic E-state index is 0.0359. The molecule has 0 atom stereocenters. The molecule has 0 bridgehead atoms. The standard InChI is InChI=1S/C17H13ClF2N2O3/c1-2-25-17(24)15(22-21-11-8-6-10(18)7-9-11)16(23)14-12(19)4-3-5-13(14)20/h3-9,21H,2H2,1H3/b22-15+. The molecule has 0 amide bonds. The van der Waals surface area contributed by atoms with Crippen LogP contribution in [0.25, 0.3) is 0 Å². The van der Waals surface area contributed by atoms with Gasteiger partial charge in [0.2, 0.25) is 11.5 Å². The number of nitrogens with zero attached hydrogens (tertiary/aromatic N) is 1. The number of hydrogen-bond acceptors (Lipinski definition) is 5. The lowest BCUT2D eigenvalue weighted by atomic mass is 10.1. The molecule has 2 aromatic rings. The van der Waals surface area contributed by atoms with Crippen LogP contribution in [-0.2, 0) is 9.53 Å². The summed E-state index contributed by atoms with van der Waals surface area (Å²) in [6.45, 7) is 1.49. The number of carbonyl (C=O) groups excluding carboxylic acids is 2. The molecule has 2 rings (SSSR count). The number of benzene rings is 2. The maximum atomic E-state index is 13.8. The molecular formula is C17H13ClF2N2O3. The van der Waals surface area contributed by atoms with Crippen molar-refractivity contribution in [1.29, 1.82) is 0 Å². The Balaban J connectivity index is 2.38. The molecule has 0 radical (unpaired) electrons. The van der Waals surface area contributed by atoms with E-state index in [0.29, 0.717) is 10.7 Å². The third-order valence-electron chi connectivity index (χ3n) is 3.01. The lowest BCUT2D eigenvalue weighted by Crippen LogP contribution is -2.29. The molecule has 0 fully saturated rings. The Morgan fingerprint density at radius 2 is 1.72 bits per heavy atom. The molecule has 0 saturated heterocycles. The SMILES string of the molecule is CCOC(=O)/C(=N/Nc1ccc(Cl)cc1)C(=O)c1c(F)cccc1F. The van der Waals surface area contributed by atoms with Gasteiger partial charge >= 0.3 is 5.97 Å². The van der Waals surface area contributed by atoms with Crippen molar-refractivity contribution in [1.82, 2.24) is 0 Å². The van der Waals surface area contributed by atoms with Gasteiger partial charge in [-0.15, -0.1) is 0 Å². The first kappa shape index (κ1) is 18.5. The minimum Gasteiger partial charge on any atom is -0.461 e. The van der Waals surface area contributed by atoms with Gasteiger partial charge in [0.05, 0.1) is 17.9 Å². The summed E-state index contributed by atoms with van der Waals surface area (Å²) in [5, 5.41) is 4.14. The summed E-state index contributed by atoms with van der Waals surface area (Å²) in [4.78, 5) is 24.4. The van der Waals surface area contributed by atoms with Gasteiger partial charge in [0.25, 0.3) is 0 Å². The molecule has 0 spiro atoms. The zero-order chi connectivity index (χ0) is 18.4. The van der Waals surface area contributed by atoms with Crippen LogP contribution in [0.4, 0.5) is 14.5 Å². The van der Waals surface area contributed by atoms with Gasteiger partial charge in [0.1, 0.15) is 11.6 Å². The van der Waals surface area contributed by atoms with Crippen LogP contribution in [0.3, 0.4) is 0 Å². The number of ether oxygens (including phenoxy) is 1. The summed E-state index contributed by atoms with van der Waals surface area (Å²) >= 11 is 5.76. The van der Waals surface area contributed by atoms with E-state index in [0.717, 1.165) is 18.2 Å². The van der Waals surface area contributed by atoms with Crippen LogP contribution < -0.4 is 5.43 Å². The van der Waals surface area contributed by atoms with Crippen LogP contribution in [-0.4, -0.2) is 24.1 Å². The zero-order valence-electron chi connectivity index (χ0n) is 13.1. The lowest BCUT2D eigenvalue weighted by Gasteiger charge is -2.08. The van der Waals surface area contributed by atoms with Crippen molar-refractivity contribution in [2.75, 3.05) is 12.0 Å². The maximum absolute atomic E-state index is 13.8. The molecule has 0 aliphatic rings. The number of halogens is 3. The van der Waals surface area contributed by atoms with Crippen LogP contribution in [0.2, 0.25) is 5.02 Å². The number of hydrogen-bond donors (Lipinski definition) is 1. The fourth-order valence-electron chi connectivity index (χ4n) is 1.87. The number of Topliss-reactive ketones (excluding diaryl/α,β-unsaturated/α-hetero) is 1. The Bertz CT molecular complexity index is 803. The minimum atomic E-state index is -1.23. The van der Waals surface area contributed by atoms with E-state index in [1.165, 1.54) is 6.92 Å². The Morgan fingerprint density at radius 1 is 1.12 bits per heavy atom. The Morgan fingerprint density at radius 3 is 2.28 bits per heavy atom. The number of anilines is 1. The quantitative estimate of drug-likeness (QED) is 0.277. The molecule has 0 saturated carbocycles. The normalized spacial score (nSPS) is 11.1. The summed E-state index contributed by atoms with van der Waals surface area (Å²) in [6.07, 6.45) is 0. The number of hydrazone groups is 1. The van der Waals surface area contributed by atoms with Crippen LogP contribution >= 0.6 is 11.6 Å². The fourth-order valence-corrected chi connectivity index (χ4v) is 1.99. The van der Waals surface area contributed by atoms with Crippen LogP contribution in [0.5, 0.6) is 0 Å². The first-order valence-electron chi connectivity index (χ1n) is 7.19. The molecule has 0 aliphatic carbocycles. The van der Waals surface area contributed by atoms with Crippen LogP contribution in [0.1, 0.15) is 17.3 Å². The molecule has 0 aliphatic heterocycles. The van der Waals surface area contributed by atoms with E-state index in [1.54, 1.807) is 24.3 Å². The van der Waals surface area contributed by atoms with E-state index in [1.807, 2.05) is 0 Å². The average molecular weight is 367 g/mol. The second kappa shape index (κ2) is 8.34. The largest absolute Gasteiger partial charge is 0.461 e. The van der Waals surface area contributed by atoms with E-state index in [4.69, 9.17) is 16.3 Å². The third kappa shape index (κ3) is 4.60. The summed E-state index contributed by atoms with van der Waals surface area (Å²) in [5.74, 6) is -4.53. The molecule has 0 heterocycles. The van der Waals surface area contributed by atoms with Crippen LogP contribution in [0, 0.1) is 11.6 Å². The van der Waals surface area contributed by atoms with Gasteiger partial charge in [-0.3, -0.25) is 10.2 Å². The lowest BCUT2D eigenvalue weighted by molar-refractivity contribution is -0.134. The molecule has 130 valence electrons. The van der Waals surface area contributed by atoms with Crippen LogP contribution in [0.15, 0.2) is 47.6 Å². The van der Waals surface area contributed by atoms with Gasteiger partial charge in [-0.1, -0.05) is 17.7 Å². The molecule has 0 aromatic heterocycles. The number of esters is 1. The fraction of sp³-hybridized carbons (Fsp3) is 0.118. The second-order valence-corrected chi connectivity index (χ2v) is 5.16. The monoisotopic (exact) mass is 366 g/mol. The molecule has 0 unspecified atom stereocenters. The molecule has 25 heavy (non-hydrogen) atoms. The summed E-state index contributed by atoms with van der Waals surface area (Å²) in [5.41, 5.74) is 1.21. The smallest absolute Gasteiger partial charge is 0.362 e.